The summed E-state index contributed by atoms with van der Waals surface area (Å²) in [4.78, 5) is 35.3. The van der Waals surface area contributed by atoms with Gasteiger partial charge >= 0.3 is 15.2 Å². The monoisotopic (exact) mass is 332 g/mol. The molecule has 0 aliphatic carbocycles. The van der Waals surface area contributed by atoms with Crippen LogP contribution in [0.5, 0.6) is 0 Å². The van der Waals surface area contributed by atoms with Gasteiger partial charge in [0.25, 0.3) is 5.59 Å². The van der Waals surface area contributed by atoms with E-state index in [4.69, 9.17) is 19.6 Å². The first-order valence-corrected chi connectivity index (χ1v) is 10.3. The van der Waals surface area contributed by atoms with E-state index in [9.17, 15) is 9.13 Å². The molecule has 122 valence electrons. The SMILES string of the molecule is CCCCCCCCCCOC(P(=O)(O)O)P(=O)(O)O. The van der Waals surface area contributed by atoms with Crippen molar-refractivity contribution in [2.45, 2.75) is 63.9 Å². The molecule has 0 unspecified atom stereocenters. The van der Waals surface area contributed by atoms with Crippen LogP contribution in [0.4, 0.5) is 0 Å². The minimum absolute atomic E-state index is 0.0597. The average molecular weight is 332 g/mol. The highest BCUT2D eigenvalue weighted by Crippen LogP contribution is 2.60. The summed E-state index contributed by atoms with van der Waals surface area (Å²) in [6.45, 7) is 2.09. The predicted octanol–water partition coefficient (Wildman–Crippen LogP) is 2.78. The van der Waals surface area contributed by atoms with Crippen LogP contribution in [-0.4, -0.2) is 31.8 Å². The maximum atomic E-state index is 10.9. The molecule has 0 aliphatic rings. The topological polar surface area (TPSA) is 124 Å². The Morgan fingerprint density at radius 1 is 0.800 bits per heavy atom. The maximum absolute atomic E-state index is 10.9. The molecule has 0 bridgehead atoms. The first-order chi connectivity index (χ1) is 9.19. The van der Waals surface area contributed by atoms with E-state index in [1.807, 2.05) is 0 Å². The van der Waals surface area contributed by atoms with Gasteiger partial charge in [0.05, 0.1) is 0 Å². The Bertz CT molecular complexity index is 314. The molecule has 0 radical (unpaired) electrons. The standard InChI is InChI=1S/C11H26O7P2/c1-2-3-4-5-6-7-8-9-10-18-11(19(12,13)14)20(15,16)17/h11H,2-10H2,1H3,(H2,12,13,14)(H2,15,16,17). The van der Waals surface area contributed by atoms with Gasteiger partial charge in [0.15, 0.2) is 0 Å². The van der Waals surface area contributed by atoms with Crippen LogP contribution in [0.1, 0.15) is 58.3 Å². The van der Waals surface area contributed by atoms with Gasteiger partial charge in [-0.15, -0.1) is 0 Å². The van der Waals surface area contributed by atoms with Gasteiger partial charge in [-0.3, -0.25) is 9.13 Å². The second-order valence-electron chi connectivity index (χ2n) is 4.85. The molecule has 0 heterocycles. The Morgan fingerprint density at radius 2 is 1.20 bits per heavy atom. The number of rotatable bonds is 12. The van der Waals surface area contributed by atoms with Crippen molar-refractivity contribution in [2.75, 3.05) is 6.61 Å². The van der Waals surface area contributed by atoms with Crippen molar-refractivity contribution >= 4 is 15.2 Å². The van der Waals surface area contributed by atoms with Crippen molar-refractivity contribution in [1.29, 1.82) is 0 Å². The average Bonchev–Trinajstić information content (AvgIpc) is 2.28. The fourth-order valence-corrected chi connectivity index (χ4v) is 3.98. The van der Waals surface area contributed by atoms with Gasteiger partial charge in [0.2, 0.25) is 0 Å². The van der Waals surface area contributed by atoms with E-state index in [2.05, 4.69) is 11.7 Å². The Labute approximate surface area is 120 Å². The van der Waals surface area contributed by atoms with Crippen molar-refractivity contribution in [2.24, 2.45) is 0 Å². The Balaban J connectivity index is 3.77. The van der Waals surface area contributed by atoms with Crippen LogP contribution < -0.4 is 0 Å². The Hall–Kier alpha value is 0.260. The second kappa shape index (κ2) is 10.1. The molecule has 0 spiro atoms. The van der Waals surface area contributed by atoms with Gasteiger partial charge in [-0.2, -0.15) is 0 Å². The lowest BCUT2D eigenvalue weighted by atomic mass is 10.1. The van der Waals surface area contributed by atoms with Crippen LogP contribution in [-0.2, 0) is 13.9 Å². The fraction of sp³-hybridized carbons (Fsp3) is 1.00. The third-order valence-electron chi connectivity index (χ3n) is 2.84. The molecular formula is C11H26O7P2. The van der Waals surface area contributed by atoms with Gasteiger partial charge in [0, 0.05) is 6.61 Å². The lowest BCUT2D eigenvalue weighted by Gasteiger charge is -2.19. The summed E-state index contributed by atoms with van der Waals surface area (Å²) in [7, 11) is -9.91. The van der Waals surface area contributed by atoms with Gasteiger partial charge in [-0.25, -0.2) is 0 Å². The molecule has 0 amide bonds. The van der Waals surface area contributed by atoms with Gasteiger partial charge in [-0.1, -0.05) is 51.9 Å². The molecule has 9 heteroatoms. The van der Waals surface area contributed by atoms with Crippen molar-refractivity contribution < 1.29 is 33.4 Å². The molecule has 0 saturated carbocycles. The van der Waals surface area contributed by atoms with Crippen LogP contribution in [0.15, 0.2) is 0 Å². The minimum atomic E-state index is -4.96. The number of hydrogen-bond acceptors (Lipinski definition) is 3. The van der Waals surface area contributed by atoms with E-state index in [0.717, 1.165) is 19.3 Å². The summed E-state index contributed by atoms with van der Waals surface area (Å²) in [6, 6.07) is 0. The van der Waals surface area contributed by atoms with E-state index in [-0.39, 0.29) is 6.61 Å². The molecule has 0 aromatic carbocycles. The predicted molar refractivity (Wildman–Crippen MR) is 76.4 cm³/mol. The van der Waals surface area contributed by atoms with Gasteiger partial charge in [-0.05, 0) is 6.42 Å². The van der Waals surface area contributed by atoms with Crippen LogP contribution >= 0.6 is 15.2 Å². The third-order valence-corrected chi connectivity index (χ3v) is 6.09. The second-order valence-corrected chi connectivity index (χ2v) is 8.55. The number of hydrogen-bond donors (Lipinski definition) is 4. The van der Waals surface area contributed by atoms with Crippen LogP contribution in [0.2, 0.25) is 0 Å². The molecule has 7 nitrogen and oxygen atoms in total. The van der Waals surface area contributed by atoms with Gasteiger partial charge in [0.1, 0.15) is 0 Å². The molecule has 0 aromatic rings. The minimum Gasteiger partial charge on any atom is -0.355 e. The largest absolute Gasteiger partial charge is 0.366 e. The third kappa shape index (κ3) is 10.1. The lowest BCUT2D eigenvalue weighted by Crippen LogP contribution is -2.14. The smallest absolute Gasteiger partial charge is 0.355 e. The first-order valence-electron chi connectivity index (χ1n) is 6.91. The maximum Gasteiger partial charge on any atom is 0.366 e. The summed E-state index contributed by atoms with van der Waals surface area (Å²) < 4.78 is 26.5. The van der Waals surface area contributed by atoms with Crippen LogP contribution in [0.3, 0.4) is 0 Å². The summed E-state index contributed by atoms with van der Waals surface area (Å²) in [5, 5.41) is 0. The molecule has 4 N–H and O–H groups in total. The summed E-state index contributed by atoms with van der Waals surface area (Å²) in [5.41, 5.74) is -2.33. The van der Waals surface area contributed by atoms with E-state index in [1.165, 1.54) is 25.7 Å². The van der Waals surface area contributed by atoms with E-state index in [1.54, 1.807) is 0 Å². The summed E-state index contributed by atoms with van der Waals surface area (Å²) in [6.07, 6.45) is 8.25. The van der Waals surface area contributed by atoms with E-state index in [0.29, 0.717) is 6.42 Å². The Kier molecular flexibility index (Phi) is 10.2. The molecule has 0 saturated heterocycles. The van der Waals surface area contributed by atoms with Gasteiger partial charge < -0.3 is 24.3 Å². The highest BCUT2D eigenvalue weighted by atomic mass is 31.2. The molecule has 0 aromatic heterocycles. The number of ether oxygens (including phenoxy) is 1. The molecular weight excluding hydrogens is 306 g/mol. The summed E-state index contributed by atoms with van der Waals surface area (Å²) >= 11 is 0. The molecule has 20 heavy (non-hydrogen) atoms. The zero-order valence-corrected chi connectivity index (χ0v) is 13.6. The van der Waals surface area contributed by atoms with Crippen molar-refractivity contribution in [3.05, 3.63) is 0 Å². The molecule has 0 aliphatic heterocycles. The van der Waals surface area contributed by atoms with Crippen LogP contribution in [0.25, 0.3) is 0 Å². The molecule has 0 rings (SSSR count). The zero-order valence-electron chi connectivity index (χ0n) is 11.8. The lowest BCUT2D eigenvalue weighted by molar-refractivity contribution is 0.109. The van der Waals surface area contributed by atoms with E-state index < -0.39 is 20.8 Å². The first kappa shape index (κ1) is 20.3. The Morgan fingerprint density at radius 3 is 1.60 bits per heavy atom. The number of unbranched alkanes of at least 4 members (excludes halogenated alkanes) is 7. The van der Waals surface area contributed by atoms with Crippen molar-refractivity contribution in [1.82, 2.24) is 0 Å². The van der Waals surface area contributed by atoms with E-state index >= 15 is 0 Å². The quantitative estimate of drug-likeness (QED) is 0.320. The van der Waals surface area contributed by atoms with Crippen molar-refractivity contribution in [3.8, 4) is 0 Å². The molecule has 0 atom stereocenters. The zero-order chi connectivity index (χ0) is 15.6. The van der Waals surface area contributed by atoms with Crippen molar-refractivity contribution in [3.63, 3.8) is 0 Å². The highest BCUT2D eigenvalue weighted by molar-refractivity contribution is 7.70. The van der Waals surface area contributed by atoms with Crippen LogP contribution in [0, 0.1) is 0 Å². The normalized spacial score (nSPS) is 13.1. The summed E-state index contributed by atoms with van der Waals surface area (Å²) in [5.74, 6) is 0. The fourth-order valence-electron chi connectivity index (χ4n) is 1.81. The highest BCUT2D eigenvalue weighted by Gasteiger charge is 2.44. The molecule has 0 fully saturated rings.